The summed E-state index contributed by atoms with van der Waals surface area (Å²) in [7, 11) is 0. The van der Waals surface area contributed by atoms with Crippen molar-refractivity contribution in [1.29, 1.82) is 0 Å². The molecule has 0 N–H and O–H groups in total. The summed E-state index contributed by atoms with van der Waals surface area (Å²) in [5, 5.41) is 0. The van der Waals surface area contributed by atoms with E-state index in [9.17, 15) is 4.79 Å². The molecule has 3 rings (SSSR count). The van der Waals surface area contributed by atoms with Gasteiger partial charge in [-0.25, -0.2) is 0 Å². The third kappa shape index (κ3) is 3.02. The molecule has 0 aromatic heterocycles. The average molecular weight is 351 g/mol. The highest BCUT2D eigenvalue weighted by Gasteiger charge is 2.15. The summed E-state index contributed by atoms with van der Waals surface area (Å²) in [5.74, 6) is 0.0510. The number of carbonyl (C=O) groups is 1. The van der Waals surface area contributed by atoms with Gasteiger partial charge in [0.05, 0.1) is 0 Å². The summed E-state index contributed by atoms with van der Waals surface area (Å²) in [5.41, 5.74) is 4.56. The summed E-state index contributed by atoms with van der Waals surface area (Å²) in [6.45, 7) is 2.01. The molecule has 2 heteroatoms. The molecule has 0 bridgehead atoms. The fraction of sp³-hybridized carbons (Fsp3) is 0.0500. The van der Waals surface area contributed by atoms with Crippen molar-refractivity contribution in [1.82, 2.24) is 0 Å². The first-order valence-electron chi connectivity index (χ1n) is 7.11. The second kappa shape index (κ2) is 6.29. The summed E-state index contributed by atoms with van der Waals surface area (Å²) in [6, 6.07) is 23.5. The fourth-order valence-corrected chi connectivity index (χ4v) is 2.74. The monoisotopic (exact) mass is 350 g/mol. The van der Waals surface area contributed by atoms with Crippen LogP contribution in [0.5, 0.6) is 0 Å². The van der Waals surface area contributed by atoms with E-state index in [1.165, 1.54) is 0 Å². The van der Waals surface area contributed by atoms with Crippen molar-refractivity contribution in [3.63, 3.8) is 0 Å². The Balaban J connectivity index is 2.11. The van der Waals surface area contributed by atoms with E-state index >= 15 is 0 Å². The topological polar surface area (TPSA) is 17.1 Å². The molecular weight excluding hydrogens is 336 g/mol. The number of aryl methyl sites for hydroxylation is 1. The highest BCUT2D eigenvalue weighted by Crippen LogP contribution is 2.27. The smallest absolute Gasteiger partial charge is 0.193 e. The summed E-state index contributed by atoms with van der Waals surface area (Å²) < 4.78 is 0.969. The van der Waals surface area contributed by atoms with Gasteiger partial charge in [0.25, 0.3) is 0 Å². The first-order chi connectivity index (χ1) is 10.6. The van der Waals surface area contributed by atoms with Gasteiger partial charge in [-0.05, 0) is 48.4 Å². The maximum absolute atomic E-state index is 12.9. The van der Waals surface area contributed by atoms with E-state index < -0.39 is 0 Å². The number of ketones is 1. The Morgan fingerprint density at radius 3 is 2.23 bits per heavy atom. The van der Waals surface area contributed by atoms with Gasteiger partial charge in [-0.15, -0.1) is 0 Å². The van der Waals surface area contributed by atoms with Crippen molar-refractivity contribution in [2.24, 2.45) is 0 Å². The van der Waals surface area contributed by atoms with Gasteiger partial charge in [0.1, 0.15) is 0 Å². The zero-order valence-electron chi connectivity index (χ0n) is 12.2. The van der Waals surface area contributed by atoms with Crippen LogP contribution in [0.4, 0.5) is 0 Å². The number of benzene rings is 3. The standard InChI is InChI=1S/C20H15BrO/c1-14-7-12-18(15-5-3-2-4-6-15)19(13-14)20(22)16-8-10-17(21)11-9-16/h2-13H,1H3. The highest BCUT2D eigenvalue weighted by molar-refractivity contribution is 9.10. The lowest BCUT2D eigenvalue weighted by Gasteiger charge is -2.10. The van der Waals surface area contributed by atoms with Crippen molar-refractivity contribution in [3.05, 3.63) is 94.0 Å². The van der Waals surface area contributed by atoms with E-state index in [1.54, 1.807) is 0 Å². The van der Waals surface area contributed by atoms with Crippen molar-refractivity contribution in [2.75, 3.05) is 0 Å². The van der Waals surface area contributed by atoms with Gasteiger partial charge in [-0.3, -0.25) is 4.79 Å². The number of carbonyl (C=O) groups excluding carboxylic acids is 1. The van der Waals surface area contributed by atoms with Crippen LogP contribution in [0.25, 0.3) is 11.1 Å². The van der Waals surface area contributed by atoms with Crippen LogP contribution in [-0.4, -0.2) is 5.78 Å². The fourth-order valence-electron chi connectivity index (χ4n) is 2.47. The Hall–Kier alpha value is -2.19. The Morgan fingerprint density at radius 2 is 1.55 bits per heavy atom. The Kier molecular flexibility index (Phi) is 4.21. The van der Waals surface area contributed by atoms with Gasteiger partial charge in [-0.2, -0.15) is 0 Å². The average Bonchev–Trinajstić information content (AvgIpc) is 2.55. The van der Waals surface area contributed by atoms with E-state index in [0.29, 0.717) is 5.56 Å². The van der Waals surface area contributed by atoms with Gasteiger partial charge in [-0.1, -0.05) is 64.0 Å². The number of rotatable bonds is 3. The predicted octanol–water partition coefficient (Wildman–Crippen LogP) is 5.66. The van der Waals surface area contributed by atoms with E-state index in [-0.39, 0.29) is 5.78 Å². The largest absolute Gasteiger partial charge is 0.289 e. The summed E-state index contributed by atoms with van der Waals surface area (Å²) >= 11 is 3.40. The van der Waals surface area contributed by atoms with Gasteiger partial charge in [0, 0.05) is 15.6 Å². The van der Waals surface area contributed by atoms with Gasteiger partial charge < -0.3 is 0 Å². The molecule has 3 aromatic rings. The third-order valence-corrected chi connectivity index (χ3v) is 4.14. The molecule has 0 aliphatic rings. The number of halogens is 1. The first kappa shape index (κ1) is 14.7. The van der Waals surface area contributed by atoms with Crippen LogP contribution in [0.1, 0.15) is 21.5 Å². The normalized spacial score (nSPS) is 10.5. The minimum Gasteiger partial charge on any atom is -0.289 e. The first-order valence-corrected chi connectivity index (χ1v) is 7.91. The van der Waals surface area contributed by atoms with E-state index in [1.807, 2.05) is 79.7 Å². The number of hydrogen-bond donors (Lipinski definition) is 0. The minimum atomic E-state index is 0.0510. The van der Waals surface area contributed by atoms with Crippen LogP contribution in [0.2, 0.25) is 0 Å². The van der Waals surface area contributed by atoms with Crippen molar-refractivity contribution in [3.8, 4) is 11.1 Å². The summed E-state index contributed by atoms with van der Waals surface area (Å²) in [4.78, 5) is 12.9. The Morgan fingerprint density at radius 1 is 0.864 bits per heavy atom. The lowest BCUT2D eigenvalue weighted by Crippen LogP contribution is -2.04. The molecule has 1 nitrogen and oxygen atoms in total. The predicted molar refractivity (Wildman–Crippen MR) is 94.2 cm³/mol. The van der Waals surface area contributed by atoms with Crippen LogP contribution in [0, 0.1) is 6.92 Å². The van der Waals surface area contributed by atoms with E-state index in [0.717, 1.165) is 26.7 Å². The molecule has 0 saturated heterocycles. The molecule has 0 aliphatic heterocycles. The molecule has 3 aromatic carbocycles. The van der Waals surface area contributed by atoms with Crippen molar-refractivity contribution < 1.29 is 4.79 Å². The SMILES string of the molecule is Cc1ccc(-c2ccccc2)c(C(=O)c2ccc(Br)cc2)c1. The van der Waals surface area contributed by atoms with E-state index in [2.05, 4.69) is 15.9 Å². The van der Waals surface area contributed by atoms with Crippen LogP contribution in [0.15, 0.2) is 77.3 Å². The van der Waals surface area contributed by atoms with E-state index in [4.69, 9.17) is 0 Å². The molecule has 0 heterocycles. The van der Waals surface area contributed by atoms with Gasteiger partial charge in [0.15, 0.2) is 5.78 Å². The molecule has 0 spiro atoms. The molecule has 0 unspecified atom stereocenters. The maximum Gasteiger partial charge on any atom is 0.193 e. The molecule has 0 amide bonds. The molecule has 0 saturated carbocycles. The Labute approximate surface area is 138 Å². The maximum atomic E-state index is 12.9. The number of hydrogen-bond acceptors (Lipinski definition) is 1. The minimum absolute atomic E-state index is 0.0510. The van der Waals surface area contributed by atoms with Crippen LogP contribution >= 0.6 is 15.9 Å². The molecule has 0 radical (unpaired) electrons. The van der Waals surface area contributed by atoms with Crippen LogP contribution in [-0.2, 0) is 0 Å². The quantitative estimate of drug-likeness (QED) is 0.557. The zero-order valence-corrected chi connectivity index (χ0v) is 13.8. The molecular formula is C20H15BrO. The molecule has 0 aliphatic carbocycles. The van der Waals surface area contributed by atoms with Crippen molar-refractivity contribution >= 4 is 21.7 Å². The second-order valence-corrected chi connectivity index (χ2v) is 6.17. The second-order valence-electron chi connectivity index (χ2n) is 5.25. The molecule has 0 fully saturated rings. The highest BCUT2D eigenvalue weighted by atomic mass is 79.9. The zero-order chi connectivity index (χ0) is 15.5. The van der Waals surface area contributed by atoms with Crippen LogP contribution < -0.4 is 0 Å². The lowest BCUT2D eigenvalue weighted by molar-refractivity contribution is 0.103. The molecule has 0 atom stereocenters. The lowest BCUT2D eigenvalue weighted by atomic mass is 9.92. The molecule has 108 valence electrons. The Bertz CT molecular complexity index is 805. The van der Waals surface area contributed by atoms with Crippen LogP contribution in [0.3, 0.4) is 0 Å². The van der Waals surface area contributed by atoms with Gasteiger partial charge in [0.2, 0.25) is 0 Å². The van der Waals surface area contributed by atoms with Crippen molar-refractivity contribution in [2.45, 2.75) is 6.92 Å². The van der Waals surface area contributed by atoms with Gasteiger partial charge >= 0.3 is 0 Å². The summed E-state index contributed by atoms with van der Waals surface area (Å²) in [6.07, 6.45) is 0. The molecule has 22 heavy (non-hydrogen) atoms. The third-order valence-electron chi connectivity index (χ3n) is 3.61.